The van der Waals surface area contributed by atoms with Crippen LogP contribution in [-0.2, 0) is 5.41 Å². The zero-order chi connectivity index (χ0) is 40.1. The molecule has 10 aromatic rings. The van der Waals surface area contributed by atoms with Crippen LogP contribution < -0.4 is 0 Å². The lowest BCUT2D eigenvalue weighted by molar-refractivity contribution is 0.665. The maximum Gasteiger partial charge on any atom is 0.164 e. The van der Waals surface area contributed by atoms with Crippen molar-refractivity contribution in [2.24, 2.45) is 0 Å². The minimum atomic E-state index is -0.403. The first-order chi connectivity index (χ1) is 30.2. The van der Waals surface area contributed by atoms with Gasteiger partial charge in [-0.05, 0) is 93.4 Å². The molecule has 1 aliphatic heterocycles. The standard InChI is InChI=1S/C56H36N4S/c1-3-17-36(18-4-1)53-57-54(37-19-5-2-6-20-37)59-55(58-53)38-21-15-22-39(32-38)60-48-31-30-35-16-7-8-23-40(35)52(48)43-33-51-47(34-49(43)60)56(46-28-13-14-29-50(46)61-51)44-26-11-9-24-41(44)42-25-10-12-27-45(42)56/h1-11,13-26,28-34H,12,27H2. The van der Waals surface area contributed by atoms with E-state index in [1.54, 1.807) is 0 Å². The first-order valence-corrected chi connectivity index (χ1v) is 21.8. The third-order valence-electron chi connectivity index (χ3n) is 13.0. The Kier molecular flexibility index (Phi) is 7.55. The molecule has 286 valence electrons. The van der Waals surface area contributed by atoms with Crippen LogP contribution in [0.5, 0.6) is 0 Å². The molecule has 0 radical (unpaired) electrons. The molecule has 1 unspecified atom stereocenters. The van der Waals surface area contributed by atoms with Crippen LogP contribution in [-0.4, -0.2) is 19.5 Å². The summed E-state index contributed by atoms with van der Waals surface area (Å²) in [7, 11) is 0. The summed E-state index contributed by atoms with van der Waals surface area (Å²) in [6.45, 7) is 0. The monoisotopic (exact) mass is 796 g/mol. The molecular weight excluding hydrogens is 761 g/mol. The number of allylic oxidation sites excluding steroid dienone is 4. The van der Waals surface area contributed by atoms with Crippen molar-refractivity contribution < 1.29 is 0 Å². The molecule has 0 saturated heterocycles. The van der Waals surface area contributed by atoms with Crippen LogP contribution in [0.1, 0.15) is 35.1 Å². The van der Waals surface area contributed by atoms with E-state index in [0.29, 0.717) is 17.5 Å². The van der Waals surface area contributed by atoms with Crippen molar-refractivity contribution >= 4 is 49.9 Å². The second kappa shape index (κ2) is 13.3. The topological polar surface area (TPSA) is 43.6 Å². The first kappa shape index (κ1) is 34.5. The largest absolute Gasteiger partial charge is 0.309 e. The average molecular weight is 797 g/mol. The first-order valence-electron chi connectivity index (χ1n) is 21.0. The molecule has 2 aliphatic carbocycles. The molecule has 0 amide bonds. The molecule has 4 nitrogen and oxygen atoms in total. The Balaban J connectivity index is 1.10. The van der Waals surface area contributed by atoms with Crippen molar-refractivity contribution in [3.8, 4) is 39.9 Å². The van der Waals surface area contributed by atoms with E-state index in [1.165, 1.54) is 75.8 Å². The molecule has 3 aliphatic rings. The summed E-state index contributed by atoms with van der Waals surface area (Å²) < 4.78 is 2.48. The van der Waals surface area contributed by atoms with Crippen molar-refractivity contribution in [2.45, 2.75) is 28.0 Å². The second-order valence-electron chi connectivity index (χ2n) is 16.2. The lowest BCUT2D eigenvalue weighted by Gasteiger charge is -2.41. The summed E-state index contributed by atoms with van der Waals surface area (Å²) in [4.78, 5) is 17.9. The molecule has 1 spiro atoms. The Labute approximate surface area is 357 Å². The van der Waals surface area contributed by atoms with Crippen LogP contribution in [0.25, 0.3) is 78.0 Å². The van der Waals surface area contributed by atoms with Gasteiger partial charge in [0.15, 0.2) is 17.5 Å². The molecule has 8 aromatic carbocycles. The number of fused-ring (bicyclic) bond motifs is 13. The molecule has 5 heteroatoms. The highest BCUT2D eigenvalue weighted by atomic mass is 32.2. The quantitative estimate of drug-likeness (QED) is 0.178. The highest BCUT2D eigenvalue weighted by Crippen LogP contribution is 2.63. The molecule has 1 atom stereocenters. The van der Waals surface area contributed by atoms with Crippen molar-refractivity contribution in [2.75, 3.05) is 0 Å². The lowest BCUT2D eigenvalue weighted by Crippen LogP contribution is -2.33. The summed E-state index contributed by atoms with van der Waals surface area (Å²) in [5, 5.41) is 5.00. The molecular formula is C56H36N4S. The molecule has 13 rings (SSSR count). The number of aromatic nitrogens is 4. The van der Waals surface area contributed by atoms with E-state index >= 15 is 0 Å². The summed E-state index contributed by atoms with van der Waals surface area (Å²) in [5.41, 5.74) is 14.2. The summed E-state index contributed by atoms with van der Waals surface area (Å²) in [5.74, 6) is 1.93. The lowest BCUT2D eigenvalue weighted by atomic mass is 9.65. The minimum Gasteiger partial charge on any atom is -0.309 e. The SMILES string of the molecule is C1=CC2=C(CC1)C1(c3ccccc3Sc3cc4c5c6ccccc6ccc5n(-c5cccc(-c6nc(-c7ccccc7)nc(-c7ccccc7)n6)c5)c4cc31)c1ccccc12. The maximum atomic E-state index is 5.13. The van der Waals surface area contributed by atoms with Gasteiger partial charge in [0.1, 0.15) is 0 Å². The fraction of sp³-hybridized carbons (Fsp3) is 0.0536. The number of nitrogens with zero attached hydrogens (tertiary/aromatic N) is 4. The van der Waals surface area contributed by atoms with Crippen molar-refractivity contribution in [1.82, 2.24) is 19.5 Å². The Morgan fingerprint density at radius 3 is 1.97 bits per heavy atom. The number of benzene rings is 8. The molecule has 3 heterocycles. The van der Waals surface area contributed by atoms with Crippen LogP contribution in [0.2, 0.25) is 0 Å². The number of hydrogen-bond donors (Lipinski definition) is 0. The van der Waals surface area contributed by atoms with E-state index in [9.17, 15) is 0 Å². The Bertz CT molecular complexity index is 3450. The Morgan fingerprint density at radius 2 is 1.16 bits per heavy atom. The summed E-state index contributed by atoms with van der Waals surface area (Å²) in [6, 6.07) is 65.9. The van der Waals surface area contributed by atoms with Gasteiger partial charge in [0.05, 0.1) is 16.4 Å². The van der Waals surface area contributed by atoms with E-state index in [0.717, 1.165) is 35.2 Å². The third-order valence-corrected chi connectivity index (χ3v) is 14.1. The van der Waals surface area contributed by atoms with Gasteiger partial charge in [-0.1, -0.05) is 170 Å². The van der Waals surface area contributed by atoms with Crippen LogP contribution in [0, 0.1) is 0 Å². The molecule has 0 saturated carbocycles. The third kappa shape index (κ3) is 5.05. The minimum absolute atomic E-state index is 0.403. The van der Waals surface area contributed by atoms with Gasteiger partial charge < -0.3 is 4.57 Å². The van der Waals surface area contributed by atoms with Gasteiger partial charge >= 0.3 is 0 Å². The van der Waals surface area contributed by atoms with E-state index < -0.39 is 5.41 Å². The predicted octanol–water partition coefficient (Wildman–Crippen LogP) is 14.0. The van der Waals surface area contributed by atoms with Gasteiger partial charge in [0.25, 0.3) is 0 Å². The highest BCUT2D eigenvalue weighted by molar-refractivity contribution is 7.99. The van der Waals surface area contributed by atoms with Crippen molar-refractivity contribution in [1.29, 1.82) is 0 Å². The van der Waals surface area contributed by atoms with Crippen LogP contribution >= 0.6 is 11.8 Å². The maximum absolute atomic E-state index is 5.13. The van der Waals surface area contributed by atoms with Gasteiger partial charge in [-0.25, -0.2) is 15.0 Å². The molecule has 2 aromatic heterocycles. The van der Waals surface area contributed by atoms with E-state index in [2.05, 4.69) is 162 Å². The van der Waals surface area contributed by atoms with Gasteiger partial charge in [-0.15, -0.1) is 0 Å². The Hall–Kier alpha value is -7.34. The molecule has 0 N–H and O–H groups in total. The molecule has 61 heavy (non-hydrogen) atoms. The predicted molar refractivity (Wildman–Crippen MR) is 250 cm³/mol. The van der Waals surface area contributed by atoms with Crippen LogP contribution in [0.3, 0.4) is 0 Å². The highest BCUT2D eigenvalue weighted by Gasteiger charge is 2.51. The van der Waals surface area contributed by atoms with E-state index in [4.69, 9.17) is 15.0 Å². The average Bonchev–Trinajstić information content (AvgIpc) is 3.82. The zero-order valence-electron chi connectivity index (χ0n) is 33.1. The Morgan fingerprint density at radius 1 is 0.492 bits per heavy atom. The van der Waals surface area contributed by atoms with Gasteiger partial charge in [-0.3, -0.25) is 0 Å². The fourth-order valence-corrected chi connectivity index (χ4v) is 11.7. The van der Waals surface area contributed by atoms with Crippen molar-refractivity contribution in [3.05, 3.63) is 222 Å². The van der Waals surface area contributed by atoms with Gasteiger partial charge in [0.2, 0.25) is 0 Å². The fourth-order valence-electron chi connectivity index (χ4n) is 10.4. The number of rotatable bonds is 4. The van der Waals surface area contributed by atoms with E-state index in [1.807, 2.05) is 48.2 Å². The van der Waals surface area contributed by atoms with Crippen LogP contribution in [0.4, 0.5) is 0 Å². The van der Waals surface area contributed by atoms with Crippen molar-refractivity contribution in [3.63, 3.8) is 0 Å². The van der Waals surface area contributed by atoms with Gasteiger partial charge in [-0.2, -0.15) is 0 Å². The van der Waals surface area contributed by atoms with E-state index in [-0.39, 0.29) is 0 Å². The summed E-state index contributed by atoms with van der Waals surface area (Å²) >= 11 is 1.92. The summed E-state index contributed by atoms with van der Waals surface area (Å²) in [6.07, 6.45) is 6.80. The molecule has 0 bridgehead atoms. The zero-order valence-corrected chi connectivity index (χ0v) is 33.9. The molecule has 0 fully saturated rings. The second-order valence-corrected chi connectivity index (χ2v) is 17.3. The normalized spacial score (nSPS) is 16.3. The number of hydrogen-bond acceptors (Lipinski definition) is 4. The van der Waals surface area contributed by atoms with Crippen LogP contribution in [0.15, 0.2) is 210 Å². The smallest absolute Gasteiger partial charge is 0.164 e. The van der Waals surface area contributed by atoms with Gasteiger partial charge in [0, 0.05) is 42.9 Å².